The van der Waals surface area contributed by atoms with E-state index in [2.05, 4.69) is 17.9 Å². The smallest absolute Gasteiger partial charge is 0.0666 e. The van der Waals surface area contributed by atoms with Crippen molar-refractivity contribution in [3.63, 3.8) is 0 Å². The fourth-order valence-electron chi connectivity index (χ4n) is 1.77. The second kappa shape index (κ2) is 7.71. The van der Waals surface area contributed by atoms with Crippen LogP contribution in [0.1, 0.15) is 26.7 Å². The third kappa shape index (κ3) is 4.67. The molecule has 0 N–H and O–H groups in total. The molecule has 88 valence electrons. The van der Waals surface area contributed by atoms with Crippen LogP contribution in [0.5, 0.6) is 0 Å². The molecule has 3 nitrogen and oxygen atoms in total. The van der Waals surface area contributed by atoms with Gasteiger partial charge in [0.1, 0.15) is 0 Å². The molecule has 1 saturated heterocycles. The number of rotatable bonds is 6. The molecule has 0 amide bonds. The Morgan fingerprint density at radius 3 is 2.67 bits per heavy atom. The van der Waals surface area contributed by atoms with Crippen LogP contribution in [0.15, 0.2) is 11.8 Å². The lowest BCUT2D eigenvalue weighted by atomic mass is 10.2. The SMILES string of the molecule is CCC/C(=C/COCC)N1CCOCC1. The largest absolute Gasteiger partial charge is 0.378 e. The maximum Gasteiger partial charge on any atom is 0.0666 e. The average Bonchev–Trinajstić information content (AvgIpc) is 2.29. The van der Waals surface area contributed by atoms with Crippen LogP contribution in [0, 0.1) is 0 Å². The second-order valence-electron chi connectivity index (χ2n) is 3.70. The lowest BCUT2D eigenvalue weighted by molar-refractivity contribution is 0.0512. The maximum absolute atomic E-state index is 5.37. The van der Waals surface area contributed by atoms with E-state index >= 15 is 0 Å². The number of hydrogen-bond acceptors (Lipinski definition) is 3. The van der Waals surface area contributed by atoms with E-state index in [4.69, 9.17) is 9.47 Å². The standard InChI is InChI=1S/C12H23NO2/c1-3-5-12(6-9-14-4-2)13-7-10-15-11-8-13/h6H,3-5,7-11H2,1-2H3/b12-6-. The molecule has 0 aromatic heterocycles. The minimum atomic E-state index is 0.739. The van der Waals surface area contributed by atoms with Crippen molar-refractivity contribution < 1.29 is 9.47 Å². The van der Waals surface area contributed by atoms with Gasteiger partial charge in [-0.3, -0.25) is 0 Å². The van der Waals surface area contributed by atoms with Crippen molar-refractivity contribution in [1.82, 2.24) is 4.90 Å². The average molecular weight is 213 g/mol. The van der Waals surface area contributed by atoms with Crippen molar-refractivity contribution in [3.05, 3.63) is 11.8 Å². The summed E-state index contributed by atoms with van der Waals surface area (Å²) in [4.78, 5) is 2.42. The zero-order valence-electron chi connectivity index (χ0n) is 10.00. The number of morpholine rings is 1. The zero-order chi connectivity index (χ0) is 10.9. The molecule has 1 aliphatic heterocycles. The van der Waals surface area contributed by atoms with Crippen molar-refractivity contribution in [1.29, 1.82) is 0 Å². The van der Waals surface area contributed by atoms with Gasteiger partial charge in [0.15, 0.2) is 0 Å². The predicted octanol–water partition coefficient (Wildman–Crippen LogP) is 2.04. The molecule has 0 aliphatic carbocycles. The predicted molar refractivity (Wildman–Crippen MR) is 61.9 cm³/mol. The topological polar surface area (TPSA) is 21.7 Å². The molecule has 0 saturated carbocycles. The molecular weight excluding hydrogens is 190 g/mol. The van der Waals surface area contributed by atoms with Gasteiger partial charge in [-0.2, -0.15) is 0 Å². The summed E-state index contributed by atoms with van der Waals surface area (Å²) in [6, 6.07) is 0. The van der Waals surface area contributed by atoms with Gasteiger partial charge in [-0.15, -0.1) is 0 Å². The van der Waals surface area contributed by atoms with Crippen molar-refractivity contribution in [2.75, 3.05) is 39.5 Å². The van der Waals surface area contributed by atoms with Gasteiger partial charge < -0.3 is 14.4 Å². The van der Waals surface area contributed by atoms with Crippen LogP contribution >= 0.6 is 0 Å². The lowest BCUT2D eigenvalue weighted by Gasteiger charge is -2.31. The van der Waals surface area contributed by atoms with Crippen molar-refractivity contribution in [2.24, 2.45) is 0 Å². The Labute approximate surface area is 93.0 Å². The molecule has 15 heavy (non-hydrogen) atoms. The molecule has 0 bridgehead atoms. The number of ether oxygens (including phenoxy) is 2. The Morgan fingerprint density at radius 1 is 1.33 bits per heavy atom. The summed E-state index contributed by atoms with van der Waals surface area (Å²) in [6.07, 6.45) is 4.56. The van der Waals surface area contributed by atoms with Gasteiger partial charge in [0.25, 0.3) is 0 Å². The third-order valence-corrected chi connectivity index (χ3v) is 2.56. The van der Waals surface area contributed by atoms with Gasteiger partial charge in [0.05, 0.1) is 19.8 Å². The molecule has 0 spiro atoms. The Balaban J connectivity index is 2.43. The van der Waals surface area contributed by atoms with E-state index in [1.807, 2.05) is 6.92 Å². The highest BCUT2D eigenvalue weighted by Gasteiger charge is 2.12. The normalized spacial score (nSPS) is 18.3. The van der Waals surface area contributed by atoms with Gasteiger partial charge in [-0.05, 0) is 19.4 Å². The first-order valence-electron chi connectivity index (χ1n) is 5.98. The van der Waals surface area contributed by atoms with Gasteiger partial charge in [0, 0.05) is 25.4 Å². The molecule has 0 unspecified atom stereocenters. The van der Waals surface area contributed by atoms with Crippen LogP contribution in [0.25, 0.3) is 0 Å². The van der Waals surface area contributed by atoms with E-state index in [-0.39, 0.29) is 0 Å². The first kappa shape index (κ1) is 12.5. The fourth-order valence-corrected chi connectivity index (χ4v) is 1.77. The van der Waals surface area contributed by atoms with Gasteiger partial charge in [-0.25, -0.2) is 0 Å². The summed E-state index contributed by atoms with van der Waals surface area (Å²) >= 11 is 0. The summed E-state index contributed by atoms with van der Waals surface area (Å²) in [5.74, 6) is 0. The third-order valence-electron chi connectivity index (χ3n) is 2.56. The minimum Gasteiger partial charge on any atom is -0.378 e. The van der Waals surface area contributed by atoms with E-state index in [0.717, 1.165) is 45.9 Å². The van der Waals surface area contributed by atoms with Crippen LogP contribution in [-0.4, -0.2) is 44.4 Å². The second-order valence-corrected chi connectivity index (χ2v) is 3.70. The summed E-state index contributed by atoms with van der Waals surface area (Å²) in [5, 5.41) is 0. The lowest BCUT2D eigenvalue weighted by Crippen LogP contribution is -2.35. The van der Waals surface area contributed by atoms with Crippen LogP contribution in [0.4, 0.5) is 0 Å². The maximum atomic E-state index is 5.37. The van der Waals surface area contributed by atoms with E-state index in [9.17, 15) is 0 Å². The van der Waals surface area contributed by atoms with Gasteiger partial charge in [-0.1, -0.05) is 13.3 Å². The first-order valence-corrected chi connectivity index (χ1v) is 5.98. The van der Waals surface area contributed by atoms with Crippen molar-refractivity contribution >= 4 is 0 Å². The molecule has 0 aromatic rings. The highest BCUT2D eigenvalue weighted by Crippen LogP contribution is 2.13. The molecule has 0 aromatic carbocycles. The van der Waals surface area contributed by atoms with E-state index in [1.165, 1.54) is 12.1 Å². The van der Waals surface area contributed by atoms with E-state index < -0.39 is 0 Å². The molecular formula is C12H23NO2. The highest BCUT2D eigenvalue weighted by molar-refractivity contribution is 5.02. The monoisotopic (exact) mass is 213 g/mol. The summed E-state index contributed by atoms with van der Waals surface area (Å²) in [5.41, 5.74) is 1.43. The van der Waals surface area contributed by atoms with Crippen molar-refractivity contribution in [2.45, 2.75) is 26.7 Å². The molecule has 3 heteroatoms. The Hall–Kier alpha value is -0.540. The fraction of sp³-hybridized carbons (Fsp3) is 0.833. The van der Waals surface area contributed by atoms with Crippen LogP contribution in [0.3, 0.4) is 0 Å². The number of hydrogen-bond donors (Lipinski definition) is 0. The minimum absolute atomic E-state index is 0.739. The molecule has 1 aliphatic rings. The summed E-state index contributed by atoms with van der Waals surface area (Å²) in [7, 11) is 0. The van der Waals surface area contributed by atoms with E-state index in [0.29, 0.717) is 0 Å². The van der Waals surface area contributed by atoms with Gasteiger partial charge in [0.2, 0.25) is 0 Å². The van der Waals surface area contributed by atoms with Crippen LogP contribution in [0.2, 0.25) is 0 Å². The van der Waals surface area contributed by atoms with Crippen LogP contribution in [-0.2, 0) is 9.47 Å². The number of nitrogens with zero attached hydrogens (tertiary/aromatic N) is 1. The molecule has 1 fully saturated rings. The first-order chi connectivity index (χ1) is 7.38. The Morgan fingerprint density at radius 2 is 2.07 bits per heavy atom. The number of allylic oxidation sites excluding steroid dienone is 1. The molecule has 0 radical (unpaired) electrons. The molecule has 1 heterocycles. The van der Waals surface area contributed by atoms with Crippen LogP contribution < -0.4 is 0 Å². The highest BCUT2D eigenvalue weighted by atomic mass is 16.5. The molecule has 0 atom stereocenters. The molecule has 1 rings (SSSR count). The summed E-state index contributed by atoms with van der Waals surface area (Å²) in [6.45, 7) is 9.54. The Bertz CT molecular complexity index is 186. The quantitative estimate of drug-likeness (QED) is 0.630. The zero-order valence-corrected chi connectivity index (χ0v) is 10.00. The van der Waals surface area contributed by atoms with Crippen molar-refractivity contribution in [3.8, 4) is 0 Å². The Kier molecular flexibility index (Phi) is 6.44. The summed E-state index contributed by atoms with van der Waals surface area (Å²) < 4.78 is 10.7. The van der Waals surface area contributed by atoms with Gasteiger partial charge >= 0.3 is 0 Å². The van der Waals surface area contributed by atoms with E-state index in [1.54, 1.807) is 0 Å².